The molecule has 0 saturated carbocycles. The van der Waals surface area contributed by atoms with Gasteiger partial charge in [-0.15, -0.1) is 0 Å². The van der Waals surface area contributed by atoms with Crippen LogP contribution in [0.1, 0.15) is 12.5 Å². The monoisotopic (exact) mass is 437 g/mol. The maximum atomic E-state index is 13.1. The van der Waals surface area contributed by atoms with Crippen molar-refractivity contribution in [1.82, 2.24) is 14.5 Å². The lowest BCUT2D eigenvalue weighted by Gasteiger charge is -2.36. The van der Waals surface area contributed by atoms with E-state index in [1.165, 1.54) is 4.31 Å². The third-order valence-corrected chi connectivity index (χ3v) is 7.76. The maximum absolute atomic E-state index is 13.1. The molecule has 1 amide bonds. The van der Waals surface area contributed by atoms with E-state index in [9.17, 15) is 13.2 Å². The summed E-state index contributed by atoms with van der Waals surface area (Å²) in [5.41, 5.74) is 1.05. The molecule has 0 radical (unpaired) electrons. The van der Waals surface area contributed by atoms with Crippen molar-refractivity contribution in [2.75, 3.05) is 26.2 Å². The molecule has 1 heterocycles. The number of nitrogens with zero attached hydrogens (tertiary/aromatic N) is 2. The number of piperazine rings is 1. The van der Waals surface area contributed by atoms with Gasteiger partial charge in [0.25, 0.3) is 0 Å². The number of hydrogen-bond donors (Lipinski definition) is 1. The van der Waals surface area contributed by atoms with Gasteiger partial charge in [0, 0.05) is 32.7 Å². The molecule has 7 heteroatoms. The molecular formula is C24H27N3O3S. The van der Waals surface area contributed by atoms with Crippen molar-refractivity contribution in [1.29, 1.82) is 0 Å². The van der Waals surface area contributed by atoms with Crippen molar-refractivity contribution in [2.45, 2.75) is 24.4 Å². The van der Waals surface area contributed by atoms with Crippen molar-refractivity contribution >= 4 is 26.7 Å². The van der Waals surface area contributed by atoms with Gasteiger partial charge < -0.3 is 5.32 Å². The average Bonchev–Trinajstić information content (AvgIpc) is 2.82. The smallest absolute Gasteiger partial charge is 0.243 e. The molecule has 3 aromatic rings. The Balaban J connectivity index is 1.36. The lowest BCUT2D eigenvalue weighted by atomic mass is 10.1. The van der Waals surface area contributed by atoms with Crippen LogP contribution in [0, 0.1) is 0 Å². The minimum absolute atomic E-state index is 0.0466. The Kier molecular flexibility index (Phi) is 6.36. The number of amides is 1. The summed E-state index contributed by atoms with van der Waals surface area (Å²) in [7, 11) is -3.56. The van der Waals surface area contributed by atoms with Gasteiger partial charge in [-0.05, 0) is 35.4 Å². The first-order chi connectivity index (χ1) is 14.9. The fraction of sp³-hybridized carbons (Fsp3) is 0.292. The summed E-state index contributed by atoms with van der Waals surface area (Å²) in [5.74, 6) is -0.0466. The van der Waals surface area contributed by atoms with Crippen LogP contribution in [0.15, 0.2) is 77.7 Å². The van der Waals surface area contributed by atoms with E-state index < -0.39 is 10.0 Å². The standard InChI is InChI=1S/C24H27N3O3S/c1-19(24(28)25-18-20-7-3-2-4-8-20)26-13-15-27(16-14-26)31(29,30)23-12-11-21-9-5-6-10-22(21)17-23/h2-12,17,19H,13-16,18H2,1H3,(H,25,28). The Bertz CT molecular complexity index is 1160. The molecule has 1 unspecified atom stereocenters. The quantitative estimate of drug-likeness (QED) is 0.644. The van der Waals surface area contributed by atoms with E-state index in [0.717, 1.165) is 16.3 Å². The van der Waals surface area contributed by atoms with E-state index in [4.69, 9.17) is 0 Å². The van der Waals surface area contributed by atoms with E-state index in [-0.39, 0.29) is 11.9 Å². The van der Waals surface area contributed by atoms with Gasteiger partial charge in [0.15, 0.2) is 0 Å². The van der Waals surface area contributed by atoms with Crippen molar-refractivity contribution in [3.05, 3.63) is 78.4 Å². The van der Waals surface area contributed by atoms with Crippen LogP contribution in [0.2, 0.25) is 0 Å². The molecule has 0 aromatic heterocycles. The Morgan fingerprint density at radius 2 is 1.55 bits per heavy atom. The molecule has 1 atom stereocenters. The Hall–Kier alpha value is -2.74. The van der Waals surface area contributed by atoms with Crippen LogP contribution in [0.4, 0.5) is 0 Å². The molecule has 0 spiro atoms. The maximum Gasteiger partial charge on any atom is 0.243 e. The number of hydrogen-bond acceptors (Lipinski definition) is 4. The predicted molar refractivity (Wildman–Crippen MR) is 122 cm³/mol. The van der Waals surface area contributed by atoms with Crippen molar-refractivity contribution in [3.8, 4) is 0 Å². The molecule has 1 N–H and O–H groups in total. The zero-order valence-corrected chi connectivity index (χ0v) is 18.4. The zero-order chi connectivity index (χ0) is 21.8. The van der Waals surface area contributed by atoms with E-state index in [1.807, 2.05) is 72.5 Å². The van der Waals surface area contributed by atoms with Gasteiger partial charge in [0.1, 0.15) is 0 Å². The zero-order valence-electron chi connectivity index (χ0n) is 17.6. The van der Waals surface area contributed by atoms with Gasteiger partial charge in [0.2, 0.25) is 15.9 Å². The summed E-state index contributed by atoms with van der Waals surface area (Å²) in [6.07, 6.45) is 0. The lowest BCUT2D eigenvalue weighted by Crippen LogP contribution is -2.54. The Morgan fingerprint density at radius 3 is 2.26 bits per heavy atom. The number of carbonyl (C=O) groups is 1. The molecule has 1 aliphatic rings. The van der Waals surface area contributed by atoms with Crippen LogP contribution in [-0.4, -0.2) is 55.8 Å². The minimum atomic E-state index is -3.56. The van der Waals surface area contributed by atoms with Crippen molar-refractivity contribution in [3.63, 3.8) is 0 Å². The predicted octanol–water partition coefficient (Wildman–Crippen LogP) is 2.85. The number of benzene rings is 3. The highest BCUT2D eigenvalue weighted by Gasteiger charge is 2.31. The molecule has 0 bridgehead atoms. The normalized spacial score (nSPS) is 16.8. The number of fused-ring (bicyclic) bond motifs is 1. The second-order valence-corrected chi connectivity index (χ2v) is 9.77. The number of nitrogens with one attached hydrogen (secondary N) is 1. The second kappa shape index (κ2) is 9.18. The molecule has 0 aliphatic carbocycles. The molecular weight excluding hydrogens is 410 g/mol. The lowest BCUT2D eigenvalue weighted by molar-refractivity contribution is -0.126. The summed E-state index contributed by atoms with van der Waals surface area (Å²) >= 11 is 0. The van der Waals surface area contributed by atoms with Crippen molar-refractivity contribution in [2.24, 2.45) is 0 Å². The Morgan fingerprint density at radius 1 is 0.903 bits per heavy atom. The van der Waals surface area contributed by atoms with Crippen LogP contribution < -0.4 is 5.32 Å². The molecule has 1 saturated heterocycles. The molecule has 4 rings (SSSR count). The first kappa shape index (κ1) is 21.5. The van der Waals surface area contributed by atoms with Gasteiger partial charge in [-0.1, -0.05) is 60.7 Å². The van der Waals surface area contributed by atoms with E-state index in [0.29, 0.717) is 37.6 Å². The van der Waals surface area contributed by atoms with Crippen LogP contribution in [0.25, 0.3) is 10.8 Å². The van der Waals surface area contributed by atoms with Crippen LogP contribution in [0.5, 0.6) is 0 Å². The minimum Gasteiger partial charge on any atom is -0.351 e. The van der Waals surface area contributed by atoms with Gasteiger partial charge >= 0.3 is 0 Å². The Labute approximate surface area is 183 Å². The molecule has 162 valence electrons. The van der Waals surface area contributed by atoms with Gasteiger partial charge in [0.05, 0.1) is 10.9 Å². The largest absolute Gasteiger partial charge is 0.351 e. The molecule has 1 fully saturated rings. The van der Waals surface area contributed by atoms with Crippen LogP contribution >= 0.6 is 0 Å². The van der Waals surface area contributed by atoms with Gasteiger partial charge in [-0.2, -0.15) is 4.31 Å². The number of sulfonamides is 1. The molecule has 3 aromatic carbocycles. The average molecular weight is 438 g/mol. The molecule has 1 aliphatic heterocycles. The molecule has 6 nitrogen and oxygen atoms in total. The van der Waals surface area contributed by atoms with Gasteiger partial charge in [-0.25, -0.2) is 8.42 Å². The fourth-order valence-electron chi connectivity index (χ4n) is 3.91. The summed E-state index contributed by atoms with van der Waals surface area (Å²) in [6.45, 7) is 4.13. The van der Waals surface area contributed by atoms with Crippen LogP contribution in [-0.2, 0) is 21.4 Å². The summed E-state index contributed by atoms with van der Waals surface area (Å²) < 4.78 is 27.8. The third-order valence-electron chi connectivity index (χ3n) is 5.87. The van der Waals surface area contributed by atoms with E-state index >= 15 is 0 Å². The number of carbonyl (C=O) groups excluding carboxylic acids is 1. The molecule has 31 heavy (non-hydrogen) atoms. The van der Waals surface area contributed by atoms with Crippen molar-refractivity contribution < 1.29 is 13.2 Å². The summed E-state index contributed by atoms with van der Waals surface area (Å²) in [4.78, 5) is 14.9. The summed E-state index contributed by atoms with van der Waals surface area (Å²) in [5, 5.41) is 4.89. The second-order valence-electron chi connectivity index (χ2n) is 7.83. The van der Waals surface area contributed by atoms with E-state index in [1.54, 1.807) is 12.1 Å². The highest BCUT2D eigenvalue weighted by atomic mass is 32.2. The highest BCUT2D eigenvalue weighted by molar-refractivity contribution is 7.89. The summed E-state index contributed by atoms with van der Waals surface area (Å²) in [6, 6.07) is 22.4. The fourth-order valence-corrected chi connectivity index (χ4v) is 5.36. The third kappa shape index (κ3) is 4.79. The highest BCUT2D eigenvalue weighted by Crippen LogP contribution is 2.23. The first-order valence-electron chi connectivity index (χ1n) is 10.5. The van der Waals surface area contributed by atoms with Crippen LogP contribution in [0.3, 0.4) is 0 Å². The number of rotatable bonds is 6. The van der Waals surface area contributed by atoms with E-state index in [2.05, 4.69) is 5.32 Å². The SMILES string of the molecule is CC(C(=O)NCc1ccccc1)N1CCN(S(=O)(=O)c2ccc3ccccc3c2)CC1. The van der Waals surface area contributed by atoms with Gasteiger partial charge in [-0.3, -0.25) is 9.69 Å². The topological polar surface area (TPSA) is 69.7 Å². The first-order valence-corrected chi connectivity index (χ1v) is 11.9.